The highest BCUT2D eigenvalue weighted by atomic mass is 16.3. The third-order valence-electron chi connectivity index (χ3n) is 14.2. The van der Waals surface area contributed by atoms with Crippen molar-refractivity contribution in [2.45, 2.75) is 0 Å². The second kappa shape index (κ2) is 14.2. The van der Waals surface area contributed by atoms with Gasteiger partial charge in [0.2, 0.25) is 5.95 Å². The van der Waals surface area contributed by atoms with Gasteiger partial charge in [0.25, 0.3) is 0 Å². The van der Waals surface area contributed by atoms with Crippen LogP contribution in [0.1, 0.15) is 0 Å². The first-order valence-electron chi connectivity index (χ1n) is 23.1. The summed E-state index contributed by atoms with van der Waals surface area (Å²) in [6.45, 7) is 0. The third kappa shape index (κ3) is 5.29. The Hall–Kier alpha value is -9.19. The molecule has 5 nitrogen and oxygen atoms in total. The maximum Gasteiger partial charge on any atom is 0.238 e. The highest BCUT2D eigenvalue weighted by Gasteiger charge is 2.23. The van der Waals surface area contributed by atoms with Crippen LogP contribution in [0, 0.1) is 0 Å². The zero-order valence-corrected chi connectivity index (χ0v) is 36.5. The molecule has 0 N–H and O–H groups in total. The van der Waals surface area contributed by atoms with E-state index in [-0.39, 0.29) is 0 Å². The van der Waals surface area contributed by atoms with Gasteiger partial charge in [-0.3, -0.25) is 4.57 Å². The molecule has 0 saturated carbocycles. The first-order valence-corrected chi connectivity index (χ1v) is 23.1. The van der Waals surface area contributed by atoms with Gasteiger partial charge in [-0.1, -0.05) is 188 Å². The van der Waals surface area contributed by atoms with Crippen LogP contribution in [-0.4, -0.2) is 19.5 Å². The van der Waals surface area contributed by atoms with Gasteiger partial charge in [0.15, 0.2) is 11.6 Å². The molecule has 12 aromatic carbocycles. The van der Waals surface area contributed by atoms with Gasteiger partial charge in [-0.15, -0.1) is 0 Å². The molecule has 0 aliphatic heterocycles. The first kappa shape index (κ1) is 37.1. The van der Waals surface area contributed by atoms with Crippen LogP contribution in [0.4, 0.5) is 0 Å². The van der Waals surface area contributed by atoms with E-state index in [9.17, 15) is 0 Å². The first-order chi connectivity index (χ1) is 33.7. The van der Waals surface area contributed by atoms with Crippen LogP contribution < -0.4 is 0 Å². The van der Waals surface area contributed by atoms with Crippen LogP contribution in [0.25, 0.3) is 149 Å². The van der Waals surface area contributed by atoms with Gasteiger partial charge in [-0.25, -0.2) is 4.98 Å². The minimum Gasteiger partial charge on any atom is -0.455 e. The Morgan fingerprint density at radius 1 is 0.309 bits per heavy atom. The number of rotatable bonds is 5. The molecule has 0 fully saturated rings. The van der Waals surface area contributed by atoms with Gasteiger partial charge in [0, 0.05) is 43.4 Å². The molecule has 0 amide bonds. The molecule has 0 unspecified atom stereocenters. The molecule has 3 aromatic heterocycles. The van der Waals surface area contributed by atoms with Gasteiger partial charge < -0.3 is 4.42 Å². The van der Waals surface area contributed by atoms with Crippen molar-refractivity contribution in [2.24, 2.45) is 0 Å². The molecule has 3 heterocycles. The summed E-state index contributed by atoms with van der Waals surface area (Å²) in [7, 11) is 0. The molecule has 0 atom stereocenters. The summed E-state index contributed by atoms with van der Waals surface area (Å²) in [5.74, 6) is 1.83. The number of nitrogens with zero attached hydrogens (tertiary/aromatic N) is 4. The second-order valence-corrected chi connectivity index (χ2v) is 17.8. The van der Waals surface area contributed by atoms with Crippen molar-refractivity contribution in [3.05, 3.63) is 218 Å². The third-order valence-corrected chi connectivity index (χ3v) is 14.2. The van der Waals surface area contributed by atoms with E-state index in [1.54, 1.807) is 0 Å². The molecular formula is C63H36N4O. The molecule has 314 valence electrons. The molecule has 15 aromatic rings. The van der Waals surface area contributed by atoms with Crippen LogP contribution in [-0.2, 0) is 0 Å². The van der Waals surface area contributed by atoms with E-state index in [4.69, 9.17) is 19.4 Å². The molecule has 68 heavy (non-hydrogen) atoms. The quantitative estimate of drug-likeness (QED) is 0.128. The number of benzene rings is 12. The Morgan fingerprint density at radius 2 is 0.809 bits per heavy atom. The average molecular weight is 865 g/mol. The van der Waals surface area contributed by atoms with E-state index >= 15 is 0 Å². The Bertz CT molecular complexity index is 4440. The summed E-state index contributed by atoms with van der Waals surface area (Å²) in [6, 6.07) is 78.0. The van der Waals surface area contributed by atoms with Crippen molar-refractivity contribution in [3.63, 3.8) is 0 Å². The second-order valence-electron chi connectivity index (χ2n) is 17.8. The molecule has 0 aliphatic rings. The van der Waals surface area contributed by atoms with E-state index in [0.29, 0.717) is 17.6 Å². The lowest BCUT2D eigenvalue weighted by molar-refractivity contribution is 0.673. The van der Waals surface area contributed by atoms with Gasteiger partial charge >= 0.3 is 0 Å². The number of fused-ring (bicyclic) bond motifs is 10. The average Bonchev–Trinajstić information content (AvgIpc) is 3.96. The minimum atomic E-state index is 0.574. The molecule has 0 radical (unpaired) electrons. The minimum absolute atomic E-state index is 0.574. The van der Waals surface area contributed by atoms with E-state index < -0.39 is 0 Å². The Balaban J connectivity index is 0.942. The zero-order chi connectivity index (χ0) is 44.5. The van der Waals surface area contributed by atoms with Crippen molar-refractivity contribution in [1.29, 1.82) is 0 Å². The number of hydrogen-bond acceptors (Lipinski definition) is 4. The van der Waals surface area contributed by atoms with Crippen LogP contribution in [0.3, 0.4) is 0 Å². The molecule has 0 aliphatic carbocycles. The summed E-state index contributed by atoms with van der Waals surface area (Å²) >= 11 is 0. The molecule has 0 bridgehead atoms. The Kier molecular flexibility index (Phi) is 7.72. The molecule has 5 heteroatoms. The number of hydrogen-bond donors (Lipinski definition) is 0. The summed E-state index contributed by atoms with van der Waals surface area (Å²) in [5, 5.41) is 16.7. The van der Waals surface area contributed by atoms with Crippen molar-refractivity contribution in [3.8, 4) is 51.0 Å². The van der Waals surface area contributed by atoms with E-state index in [2.05, 4.69) is 162 Å². The monoisotopic (exact) mass is 864 g/mol. The molecule has 0 saturated heterocycles. The normalized spacial score (nSPS) is 12.1. The number of aromatic nitrogens is 4. The fraction of sp³-hybridized carbons (Fsp3) is 0. The summed E-state index contributed by atoms with van der Waals surface area (Å²) in [6.07, 6.45) is 0. The largest absolute Gasteiger partial charge is 0.455 e. The lowest BCUT2D eigenvalue weighted by Gasteiger charge is -2.18. The Labute approximate surface area is 389 Å². The van der Waals surface area contributed by atoms with Crippen molar-refractivity contribution in [2.75, 3.05) is 0 Å². The highest BCUT2D eigenvalue weighted by molar-refractivity contribution is 6.36. The van der Waals surface area contributed by atoms with Gasteiger partial charge in [0.05, 0.1) is 11.0 Å². The van der Waals surface area contributed by atoms with Crippen LogP contribution in [0.2, 0.25) is 0 Å². The summed E-state index contributed by atoms with van der Waals surface area (Å²) < 4.78 is 9.19. The molecular weight excluding hydrogens is 829 g/mol. The highest BCUT2D eigenvalue weighted by Crippen LogP contribution is 2.48. The fourth-order valence-corrected chi connectivity index (χ4v) is 11.3. The van der Waals surface area contributed by atoms with Crippen molar-refractivity contribution in [1.82, 2.24) is 19.5 Å². The van der Waals surface area contributed by atoms with Gasteiger partial charge in [-0.05, 0) is 95.7 Å². The van der Waals surface area contributed by atoms with Crippen LogP contribution >= 0.6 is 0 Å². The van der Waals surface area contributed by atoms with E-state index in [1.807, 2.05) is 60.7 Å². The van der Waals surface area contributed by atoms with Crippen molar-refractivity contribution >= 4 is 97.6 Å². The van der Waals surface area contributed by atoms with E-state index in [0.717, 1.165) is 66.0 Å². The predicted octanol–water partition coefficient (Wildman–Crippen LogP) is 16.7. The lowest BCUT2D eigenvalue weighted by Crippen LogP contribution is -2.06. The molecule has 15 rings (SSSR count). The standard InChI is InChI=1S/C63H36N4O/c1-3-15-39(16-4-1)61-64-62(40-17-5-2-6-18-40)66-63(65-61)67-52-28-12-11-21-43(52)51-35-41(32-34-53(51)67)55-44-22-7-9-24-46(44)56(47-25-10-8-23-45(47)55)42-31-33-48-54(36-42)68-60-50-27-14-20-38-30-29-37-19-13-26-49(59(48)60)57(37)58(38)50/h1-36H. The topological polar surface area (TPSA) is 56.7 Å². The maximum absolute atomic E-state index is 7.00. The van der Waals surface area contributed by atoms with Crippen LogP contribution in [0.5, 0.6) is 0 Å². The smallest absolute Gasteiger partial charge is 0.238 e. The number of para-hydroxylation sites is 1. The maximum atomic E-state index is 7.00. The molecule has 0 spiro atoms. The van der Waals surface area contributed by atoms with Gasteiger partial charge in [0.1, 0.15) is 11.2 Å². The summed E-state index contributed by atoms with van der Waals surface area (Å²) in [5.41, 5.74) is 10.4. The Morgan fingerprint density at radius 3 is 1.44 bits per heavy atom. The zero-order valence-electron chi connectivity index (χ0n) is 36.5. The fourth-order valence-electron chi connectivity index (χ4n) is 11.3. The van der Waals surface area contributed by atoms with Crippen molar-refractivity contribution < 1.29 is 4.42 Å². The van der Waals surface area contributed by atoms with E-state index in [1.165, 1.54) is 65.0 Å². The van der Waals surface area contributed by atoms with Crippen LogP contribution in [0.15, 0.2) is 223 Å². The predicted molar refractivity (Wildman–Crippen MR) is 282 cm³/mol. The summed E-state index contributed by atoms with van der Waals surface area (Å²) in [4.78, 5) is 15.3. The number of furan rings is 1. The lowest BCUT2D eigenvalue weighted by atomic mass is 9.85. The SMILES string of the molecule is c1ccc(-c2nc(-c3ccccc3)nc(-n3c4ccccc4c4cc(-c5c6ccccc6c(-c6ccc7c(c6)oc6c8cccc9ccc%10cccc(c76)c%10c98)c6ccccc56)ccc43)n2)cc1. The van der Waals surface area contributed by atoms with Gasteiger partial charge in [-0.2, -0.15) is 9.97 Å².